The van der Waals surface area contributed by atoms with E-state index in [0.29, 0.717) is 42.8 Å². The van der Waals surface area contributed by atoms with Crippen LogP contribution in [0.15, 0.2) is 53.1 Å². The maximum absolute atomic E-state index is 13.1. The minimum absolute atomic E-state index is 0.00472. The summed E-state index contributed by atoms with van der Waals surface area (Å²) in [7, 11) is 3.20. The quantitative estimate of drug-likeness (QED) is 0.395. The first-order chi connectivity index (χ1) is 17.2. The topological polar surface area (TPSA) is 86.9 Å². The van der Waals surface area contributed by atoms with E-state index in [0.717, 1.165) is 36.8 Å². The van der Waals surface area contributed by atoms with Crippen molar-refractivity contribution in [3.05, 3.63) is 60.0 Å². The standard InChI is InChI=1S/C27H33N3O5/c1-32-23-15-21(16-24(17-23)33-2)27-28-25(35-29-27)13-14-30(22-11-7-4-8-12-22)26(31)19-34-18-20-9-5-3-6-10-20/h3,5-6,9-10,15-17,22H,4,7-8,11-14,18-19H2,1-2H3. The minimum atomic E-state index is 0.00472. The van der Waals surface area contributed by atoms with E-state index in [1.807, 2.05) is 47.4 Å². The molecule has 0 saturated heterocycles. The van der Waals surface area contributed by atoms with E-state index in [9.17, 15) is 4.79 Å². The fraction of sp³-hybridized carbons (Fsp3) is 0.444. The van der Waals surface area contributed by atoms with Crippen LogP contribution in [0.4, 0.5) is 0 Å². The number of carbonyl (C=O) groups is 1. The van der Waals surface area contributed by atoms with Gasteiger partial charge in [0.1, 0.15) is 18.1 Å². The molecule has 0 atom stereocenters. The third-order valence-electron chi connectivity index (χ3n) is 6.32. The Hall–Kier alpha value is -3.39. The van der Waals surface area contributed by atoms with Crippen LogP contribution < -0.4 is 9.47 Å². The lowest BCUT2D eigenvalue weighted by Crippen LogP contribution is -2.44. The molecule has 8 nitrogen and oxygen atoms in total. The average molecular weight is 480 g/mol. The van der Waals surface area contributed by atoms with Crippen molar-refractivity contribution in [1.29, 1.82) is 0 Å². The van der Waals surface area contributed by atoms with Gasteiger partial charge in [0.2, 0.25) is 17.6 Å². The molecular formula is C27H33N3O5. The molecule has 0 spiro atoms. The summed E-state index contributed by atoms with van der Waals surface area (Å²) in [5.74, 6) is 2.25. The molecule has 1 fully saturated rings. The van der Waals surface area contributed by atoms with E-state index in [-0.39, 0.29) is 18.6 Å². The first-order valence-electron chi connectivity index (χ1n) is 12.1. The van der Waals surface area contributed by atoms with E-state index in [4.69, 9.17) is 18.7 Å². The number of hydrogen-bond acceptors (Lipinski definition) is 7. The van der Waals surface area contributed by atoms with Gasteiger partial charge in [0, 0.05) is 30.6 Å². The predicted molar refractivity (Wildman–Crippen MR) is 131 cm³/mol. The van der Waals surface area contributed by atoms with Crippen LogP contribution in [-0.4, -0.2) is 54.4 Å². The number of methoxy groups -OCH3 is 2. The maximum Gasteiger partial charge on any atom is 0.248 e. The van der Waals surface area contributed by atoms with Gasteiger partial charge in [0.15, 0.2) is 0 Å². The number of aromatic nitrogens is 2. The molecule has 186 valence electrons. The highest BCUT2D eigenvalue weighted by Gasteiger charge is 2.26. The minimum Gasteiger partial charge on any atom is -0.497 e. The van der Waals surface area contributed by atoms with E-state index in [2.05, 4.69) is 10.1 Å². The molecular weight excluding hydrogens is 446 g/mol. The molecule has 0 N–H and O–H groups in total. The molecule has 1 saturated carbocycles. The highest BCUT2D eigenvalue weighted by atomic mass is 16.5. The third-order valence-corrected chi connectivity index (χ3v) is 6.32. The Morgan fingerprint density at radius 3 is 2.43 bits per heavy atom. The van der Waals surface area contributed by atoms with E-state index < -0.39 is 0 Å². The smallest absolute Gasteiger partial charge is 0.248 e. The molecule has 8 heteroatoms. The van der Waals surface area contributed by atoms with Crippen LogP contribution in [0.1, 0.15) is 43.6 Å². The molecule has 2 aromatic carbocycles. The average Bonchev–Trinajstić information content (AvgIpc) is 3.39. The van der Waals surface area contributed by atoms with Crippen molar-refractivity contribution in [2.24, 2.45) is 0 Å². The fourth-order valence-electron chi connectivity index (χ4n) is 4.44. The van der Waals surface area contributed by atoms with Crippen molar-refractivity contribution in [1.82, 2.24) is 15.0 Å². The summed E-state index contributed by atoms with van der Waals surface area (Å²) in [5, 5.41) is 4.13. The first-order valence-corrected chi connectivity index (χ1v) is 12.1. The van der Waals surface area contributed by atoms with Crippen LogP contribution in [0.25, 0.3) is 11.4 Å². The van der Waals surface area contributed by atoms with Gasteiger partial charge in [-0.1, -0.05) is 54.8 Å². The van der Waals surface area contributed by atoms with Crippen LogP contribution in [0.3, 0.4) is 0 Å². The maximum atomic E-state index is 13.1. The Bertz CT molecular complexity index is 1060. The fourth-order valence-corrected chi connectivity index (χ4v) is 4.44. The summed E-state index contributed by atoms with van der Waals surface area (Å²) >= 11 is 0. The molecule has 4 rings (SSSR count). The summed E-state index contributed by atoms with van der Waals surface area (Å²) in [6.07, 6.45) is 6.02. The molecule has 1 aromatic heterocycles. The van der Waals surface area contributed by atoms with Crippen LogP contribution in [-0.2, 0) is 22.6 Å². The van der Waals surface area contributed by atoms with Crippen molar-refractivity contribution in [3.63, 3.8) is 0 Å². The zero-order valence-electron chi connectivity index (χ0n) is 20.4. The lowest BCUT2D eigenvalue weighted by molar-refractivity contribution is -0.139. The molecule has 3 aromatic rings. The Labute approximate surface area is 206 Å². The molecule has 0 unspecified atom stereocenters. The van der Waals surface area contributed by atoms with Crippen molar-refractivity contribution >= 4 is 5.91 Å². The summed E-state index contributed by atoms with van der Waals surface area (Å²) in [4.78, 5) is 19.6. The SMILES string of the molecule is COc1cc(OC)cc(-c2noc(CCN(C(=O)COCc3ccccc3)C3CCCCC3)n2)c1. The summed E-state index contributed by atoms with van der Waals surface area (Å²) < 4.78 is 21.9. The van der Waals surface area contributed by atoms with Gasteiger partial charge in [0.05, 0.1) is 20.8 Å². The molecule has 1 aliphatic rings. The third kappa shape index (κ3) is 6.82. The molecule has 0 radical (unpaired) electrons. The number of amides is 1. The van der Waals surface area contributed by atoms with Gasteiger partial charge in [0.25, 0.3) is 0 Å². The molecule has 1 aliphatic carbocycles. The lowest BCUT2D eigenvalue weighted by Gasteiger charge is -2.34. The number of carbonyl (C=O) groups excluding carboxylic acids is 1. The van der Waals surface area contributed by atoms with E-state index in [1.165, 1.54) is 6.42 Å². The monoisotopic (exact) mass is 479 g/mol. The van der Waals surface area contributed by atoms with Crippen LogP contribution in [0.2, 0.25) is 0 Å². The van der Waals surface area contributed by atoms with Crippen molar-refractivity contribution < 1.29 is 23.5 Å². The highest BCUT2D eigenvalue weighted by Crippen LogP contribution is 2.28. The van der Waals surface area contributed by atoms with Gasteiger partial charge in [-0.25, -0.2) is 0 Å². The second-order valence-electron chi connectivity index (χ2n) is 8.72. The largest absolute Gasteiger partial charge is 0.497 e. The normalized spacial score (nSPS) is 14.0. The van der Waals surface area contributed by atoms with Crippen molar-refractivity contribution in [2.45, 2.75) is 51.2 Å². The number of ether oxygens (including phenoxy) is 3. The molecule has 0 aliphatic heterocycles. The van der Waals surface area contributed by atoms with Crippen molar-refractivity contribution in [2.75, 3.05) is 27.4 Å². The number of nitrogens with zero attached hydrogens (tertiary/aromatic N) is 3. The van der Waals surface area contributed by atoms with Crippen LogP contribution >= 0.6 is 0 Å². The zero-order chi connectivity index (χ0) is 24.5. The molecule has 0 bridgehead atoms. The second kappa shape index (κ2) is 12.4. The molecule has 1 amide bonds. The summed E-state index contributed by atoms with van der Waals surface area (Å²) in [6.45, 7) is 0.994. The van der Waals surface area contributed by atoms with E-state index >= 15 is 0 Å². The van der Waals surface area contributed by atoms with Gasteiger partial charge in [-0.15, -0.1) is 0 Å². The lowest BCUT2D eigenvalue weighted by atomic mass is 9.94. The Balaban J connectivity index is 1.39. The number of hydrogen-bond donors (Lipinski definition) is 0. The second-order valence-corrected chi connectivity index (χ2v) is 8.72. The zero-order valence-corrected chi connectivity index (χ0v) is 20.4. The van der Waals surface area contributed by atoms with Gasteiger partial charge in [-0.05, 0) is 30.5 Å². The number of benzene rings is 2. The van der Waals surface area contributed by atoms with Crippen LogP contribution in [0.5, 0.6) is 11.5 Å². The molecule has 35 heavy (non-hydrogen) atoms. The summed E-state index contributed by atoms with van der Waals surface area (Å²) in [5.41, 5.74) is 1.79. The predicted octanol–water partition coefficient (Wildman–Crippen LogP) is 4.67. The van der Waals surface area contributed by atoms with Gasteiger partial charge >= 0.3 is 0 Å². The Morgan fingerprint density at radius 2 is 1.74 bits per heavy atom. The number of rotatable bonds is 11. The van der Waals surface area contributed by atoms with Gasteiger partial charge < -0.3 is 23.6 Å². The molecule has 1 heterocycles. The Morgan fingerprint density at radius 1 is 1.03 bits per heavy atom. The van der Waals surface area contributed by atoms with Crippen molar-refractivity contribution in [3.8, 4) is 22.9 Å². The van der Waals surface area contributed by atoms with Crippen LogP contribution in [0, 0.1) is 0 Å². The first kappa shape index (κ1) is 24.7. The van der Waals surface area contributed by atoms with Gasteiger partial charge in [-0.2, -0.15) is 4.98 Å². The summed E-state index contributed by atoms with van der Waals surface area (Å²) in [6, 6.07) is 15.6. The van der Waals surface area contributed by atoms with E-state index in [1.54, 1.807) is 20.3 Å². The Kier molecular flexibility index (Phi) is 8.73. The van der Waals surface area contributed by atoms with Gasteiger partial charge in [-0.3, -0.25) is 4.79 Å². The highest BCUT2D eigenvalue weighted by molar-refractivity contribution is 5.77.